The van der Waals surface area contributed by atoms with Crippen LogP contribution in [0.5, 0.6) is 5.75 Å². The maximum absolute atomic E-state index is 13.4. The molecule has 5 nitrogen and oxygen atoms in total. The molecule has 1 saturated heterocycles. The molecule has 53 heavy (non-hydrogen) atoms. The maximum Gasteiger partial charge on any atom is 0.435 e. The lowest BCUT2D eigenvalue weighted by Gasteiger charge is -2.50. The first kappa shape index (κ1) is 42.6. The van der Waals surface area contributed by atoms with E-state index >= 15 is 0 Å². The molecule has 1 aromatic rings. The van der Waals surface area contributed by atoms with Crippen molar-refractivity contribution in [3.05, 3.63) is 29.3 Å². The summed E-state index contributed by atoms with van der Waals surface area (Å²) < 4.78 is 134. The van der Waals surface area contributed by atoms with Crippen LogP contribution < -0.4 is 4.74 Å². The molecule has 2 saturated carbocycles. The number of aryl methyl sites for hydroxylation is 1. The van der Waals surface area contributed by atoms with Gasteiger partial charge in [-0.3, -0.25) is 4.79 Å². The Morgan fingerprint density at radius 3 is 2.28 bits per heavy atom. The molecule has 6 atom stereocenters. The Morgan fingerprint density at radius 2 is 1.64 bits per heavy atom. The molecule has 302 valence electrons. The molecule has 0 N–H and O–H groups in total. The number of rotatable bonds is 14. The Hall–Kier alpha value is -1.52. The number of alkyl halides is 9. The van der Waals surface area contributed by atoms with E-state index < -0.39 is 37.2 Å². The molecule has 1 amide bonds. The molecule has 6 unspecified atom stereocenters. The Kier molecular flexibility index (Phi) is 13.6. The van der Waals surface area contributed by atoms with Gasteiger partial charge in [0.15, 0.2) is 6.61 Å². The SMILES string of the molecule is CC(C)CCCN(C(=O)COc1ccc2c(c1)CCC1C2CCC2(C)C(OCCCOC(C(F)(F)F)(C(F)(F)F)C(F)(F)F)CCC12)C1CCSSC1. The van der Waals surface area contributed by atoms with Crippen molar-refractivity contribution in [2.24, 2.45) is 23.2 Å². The summed E-state index contributed by atoms with van der Waals surface area (Å²) in [7, 11) is 3.67. The predicted molar refractivity (Wildman–Crippen MR) is 187 cm³/mol. The number of carbonyl (C=O) groups excluding carboxylic acids is 1. The third kappa shape index (κ3) is 9.05. The smallest absolute Gasteiger partial charge is 0.435 e. The molecule has 0 radical (unpaired) electrons. The van der Waals surface area contributed by atoms with Crippen LogP contribution in [0.15, 0.2) is 18.2 Å². The van der Waals surface area contributed by atoms with Gasteiger partial charge in [-0.25, -0.2) is 0 Å². The van der Waals surface area contributed by atoms with Gasteiger partial charge in [0.25, 0.3) is 5.91 Å². The highest BCUT2D eigenvalue weighted by atomic mass is 33.1. The van der Waals surface area contributed by atoms with Gasteiger partial charge in [0.2, 0.25) is 0 Å². The topological polar surface area (TPSA) is 48.0 Å². The van der Waals surface area contributed by atoms with Crippen LogP contribution in [0.1, 0.15) is 95.6 Å². The highest BCUT2D eigenvalue weighted by Gasteiger charge is 2.85. The van der Waals surface area contributed by atoms with Crippen molar-refractivity contribution < 1.29 is 58.5 Å². The minimum atomic E-state index is -6.75. The number of ether oxygens (including phenoxy) is 3. The summed E-state index contributed by atoms with van der Waals surface area (Å²) in [5.41, 5.74) is -4.09. The zero-order valence-electron chi connectivity index (χ0n) is 30.3. The summed E-state index contributed by atoms with van der Waals surface area (Å²) in [5, 5.41) is 0. The van der Waals surface area contributed by atoms with E-state index in [4.69, 9.17) is 9.47 Å². The van der Waals surface area contributed by atoms with E-state index in [-0.39, 0.29) is 42.6 Å². The van der Waals surface area contributed by atoms with Gasteiger partial charge in [-0.2, -0.15) is 39.5 Å². The van der Waals surface area contributed by atoms with Crippen LogP contribution in [0.4, 0.5) is 39.5 Å². The Bertz CT molecular complexity index is 1350. The number of amides is 1. The van der Waals surface area contributed by atoms with Gasteiger partial charge in [-0.15, -0.1) is 0 Å². The molecule has 0 aromatic heterocycles. The molecule has 5 rings (SSSR count). The summed E-state index contributed by atoms with van der Waals surface area (Å²) >= 11 is 0. The largest absolute Gasteiger partial charge is 0.484 e. The molecule has 1 heterocycles. The molecule has 3 fully saturated rings. The number of carbonyl (C=O) groups is 1. The van der Waals surface area contributed by atoms with Crippen LogP contribution in [-0.2, 0) is 20.7 Å². The average molecular weight is 808 g/mol. The first-order valence-corrected chi connectivity index (χ1v) is 21.0. The van der Waals surface area contributed by atoms with Gasteiger partial charge in [-0.05, 0) is 117 Å². The number of fused-ring (bicyclic) bond motifs is 5. The van der Waals surface area contributed by atoms with E-state index in [0.717, 1.165) is 69.4 Å². The average Bonchev–Trinajstić information content (AvgIpc) is 3.41. The number of hydrogen-bond donors (Lipinski definition) is 0. The highest BCUT2D eigenvalue weighted by Crippen LogP contribution is 2.62. The third-order valence-corrected chi connectivity index (χ3v) is 14.4. The Balaban J connectivity index is 1.15. The van der Waals surface area contributed by atoms with E-state index in [0.29, 0.717) is 29.9 Å². The molecule has 16 heteroatoms. The predicted octanol–water partition coefficient (Wildman–Crippen LogP) is 10.6. The lowest BCUT2D eigenvalue weighted by atomic mass is 9.55. The molecule has 3 aliphatic carbocycles. The van der Waals surface area contributed by atoms with E-state index in [2.05, 4.69) is 37.6 Å². The standard InChI is InChI=1S/C37H50F9NO4S2/c1-23(2)6-4-16-47(25-14-19-52-53-22-25)32(48)21-50-26-8-10-27-24(20-26)7-9-29-28(27)13-15-33(3)30(29)11-12-31(33)49-17-5-18-51-34(35(38,39)40,36(41,42)43)37(44,45)46/h8,10,20,23,25,28-31H,4-7,9,11-19,21-22H2,1-3H3. The van der Waals surface area contributed by atoms with Crippen molar-refractivity contribution in [3.63, 3.8) is 0 Å². The van der Waals surface area contributed by atoms with Crippen molar-refractivity contribution in [2.75, 3.05) is 37.9 Å². The summed E-state index contributed by atoms with van der Waals surface area (Å²) in [6, 6.07) is 6.31. The lowest BCUT2D eigenvalue weighted by molar-refractivity contribution is -0.457. The fraction of sp³-hybridized carbons (Fsp3) is 0.811. The molecular formula is C37H50F9NO4S2. The van der Waals surface area contributed by atoms with Gasteiger partial charge >= 0.3 is 24.1 Å². The molecular weight excluding hydrogens is 758 g/mol. The van der Waals surface area contributed by atoms with Crippen molar-refractivity contribution in [1.29, 1.82) is 0 Å². The molecule has 0 bridgehead atoms. The summed E-state index contributed by atoms with van der Waals surface area (Å²) in [6.45, 7) is 5.44. The van der Waals surface area contributed by atoms with E-state index in [1.807, 2.05) is 32.6 Å². The van der Waals surface area contributed by atoms with Crippen molar-refractivity contribution in [2.45, 2.75) is 127 Å². The third-order valence-electron chi connectivity index (χ3n) is 11.9. The van der Waals surface area contributed by atoms with Crippen LogP contribution >= 0.6 is 21.6 Å². The number of halogens is 9. The quantitative estimate of drug-likeness (QED) is 0.106. The number of hydrogen-bond acceptors (Lipinski definition) is 6. The fourth-order valence-corrected chi connectivity index (χ4v) is 11.7. The summed E-state index contributed by atoms with van der Waals surface area (Å²) in [6.07, 6.45) is -13.2. The Labute approximate surface area is 313 Å². The number of benzene rings is 1. The molecule has 1 aliphatic heterocycles. The van der Waals surface area contributed by atoms with Crippen LogP contribution in [0.2, 0.25) is 0 Å². The van der Waals surface area contributed by atoms with Crippen molar-refractivity contribution in [3.8, 4) is 5.75 Å². The van der Waals surface area contributed by atoms with E-state index in [9.17, 15) is 44.3 Å². The second-order valence-electron chi connectivity index (χ2n) is 15.6. The zero-order chi connectivity index (χ0) is 38.8. The van der Waals surface area contributed by atoms with Crippen LogP contribution in [0, 0.1) is 23.2 Å². The second kappa shape index (κ2) is 16.9. The van der Waals surface area contributed by atoms with Crippen LogP contribution in [-0.4, -0.2) is 85.0 Å². The minimum Gasteiger partial charge on any atom is -0.484 e. The summed E-state index contributed by atoms with van der Waals surface area (Å²) in [5.74, 6) is 4.13. The lowest BCUT2D eigenvalue weighted by Crippen LogP contribution is -2.67. The van der Waals surface area contributed by atoms with E-state index in [1.54, 1.807) is 0 Å². The molecule has 4 aliphatic rings. The fourth-order valence-electron chi connectivity index (χ4n) is 9.22. The molecule has 1 aromatic carbocycles. The first-order chi connectivity index (χ1) is 24.8. The monoisotopic (exact) mass is 807 g/mol. The minimum absolute atomic E-state index is 0.0113. The normalized spacial score (nSPS) is 28.0. The summed E-state index contributed by atoms with van der Waals surface area (Å²) in [4.78, 5) is 15.4. The number of nitrogens with zero attached hydrogens (tertiary/aromatic N) is 1. The van der Waals surface area contributed by atoms with Gasteiger partial charge in [-0.1, -0.05) is 48.4 Å². The van der Waals surface area contributed by atoms with Crippen molar-refractivity contribution in [1.82, 2.24) is 4.90 Å². The highest BCUT2D eigenvalue weighted by molar-refractivity contribution is 8.76. The van der Waals surface area contributed by atoms with Gasteiger partial charge in [0.1, 0.15) is 5.75 Å². The van der Waals surface area contributed by atoms with Crippen molar-refractivity contribution >= 4 is 27.5 Å². The van der Waals surface area contributed by atoms with Crippen LogP contribution in [0.25, 0.3) is 0 Å². The van der Waals surface area contributed by atoms with Gasteiger partial charge < -0.3 is 19.1 Å². The first-order valence-electron chi connectivity index (χ1n) is 18.6. The Morgan fingerprint density at radius 1 is 0.925 bits per heavy atom. The van der Waals surface area contributed by atoms with E-state index in [1.165, 1.54) is 11.1 Å². The zero-order valence-corrected chi connectivity index (χ0v) is 31.9. The van der Waals surface area contributed by atoms with Gasteiger partial charge in [0, 0.05) is 30.7 Å². The van der Waals surface area contributed by atoms with Gasteiger partial charge in [0.05, 0.1) is 12.7 Å². The maximum atomic E-state index is 13.4. The van der Waals surface area contributed by atoms with Crippen LogP contribution in [0.3, 0.4) is 0 Å². The molecule has 0 spiro atoms. The second-order valence-corrected chi connectivity index (χ2v) is 18.2.